The van der Waals surface area contributed by atoms with E-state index in [0.29, 0.717) is 16.4 Å². The number of ether oxygens (including phenoxy) is 1. The number of nitrogens with zero attached hydrogens (tertiary/aromatic N) is 3. The third kappa shape index (κ3) is 1.96. The maximum absolute atomic E-state index is 11.9. The standard InChI is InChI=1S/C12H9IN4O3/c1-2-20-11(18)9-10-7-5-6(13)3-4-8(7)14-12(19)17(10)16-15-9/h3-5,16H,2H2,1H3. The predicted molar refractivity (Wildman–Crippen MR) is 79.8 cm³/mol. The van der Waals surface area contributed by atoms with Gasteiger partial charge >= 0.3 is 11.7 Å². The molecule has 20 heavy (non-hydrogen) atoms. The Balaban J connectivity index is 2.44. The van der Waals surface area contributed by atoms with E-state index in [-0.39, 0.29) is 12.3 Å². The van der Waals surface area contributed by atoms with Gasteiger partial charge in [0.2, 0.25) is 0 Å². The Morgan fingerprint density at radius 1 is 1.50 bits per heavy atom. The average Bonchev–Trinajstić information content (AvgIpc) is 2.86. The fourth-order valence-electron chi connectivity index (χ4n) is 1.99. The Kier molecular flexibility index (Phi) is 3.16. The summed E-state index contributed by atoms with van der Waals surface area (Å²) in [5.74, 6) is -0.572. The molecule has 3 rings (SSSR count). The summed E-state index contributed by atoms with van der Waals surface area (Å²) in [5, 5.41) is 7.05. The molecule has 0 spiro atoms. The Labute approximate surface area is 126 Å². The first-order valence-corrected chi connectivity index (χ1v) is 6.93. The minimum absolute atomic E-state index is 0.0818. The molecule has 0 aliphatic heterocycles. The highest BCUT2D eigenvalue weighted by Gasteiger charge is 2.19. The lowest BCUT2D eigenvalue weighted by molar-refractivity contribution is 0.0522. The normalized spacial score (nSPS) is 11.1. The monoisotopic (exact) mass is 384 g/mol. The van der Waals surface area contributed by atoms with Crippen molar-refractivity contribution in [2.75, 3.05) is 6.61 Å². The first-order valence-electron chi connectivity index (χ1n) is 5.85. The van der Waals surface area contributed by atoms with Crippen LogP contribution in [0.5, 0.6) is 0 Å². The van der Waals surface area contributed by atoms with Gasteiger partial charge in [-0.05, 0) is 47.7 Å². The molecular formula is C12H9IN4O3. The minimum Gasteiger partial charge on any atom is -0.461 e. The first-order chi connectivity index (χ1) is 9.61. The van der Waals surface area contributed by atoms with Gasteiger partial charge in [-0.2, -0.15) is 9.50 Å². The highest BCUT2D eigenvalue weighted by atomic mass is 127. The zero-order chi connectivity index (χ0) is 14.3. The number of esters is 1. The molecule has 1 N–H and O–H groups in total. The van der Waals surface area contributed by atoms with Gasteiger partial charge in [-0.25, -0.2) is 14.8 Å². The van der Waals surface area contributed by atoms with Crippen molar-refractivity contribution in [1.29, 1.82) is 0 Å². The van der Waals surface area contributed by atoms with Gasteiger partial charge < -0.3 is 4.74 Å². The summed E-state index contributed by atoms with van der Waals surface area (Å²) in [5.41, 5.74) is 0.467. The number of carbonyl (C=O) groups is 1. The second-order valence-electron chi connectivity index (χ2n) is 4.02. The van der Waals surface area contributed by atoms with E-state index >= 15 is 0 Å². The molecule has 8 heteroatoms. The molecule has 102 valence electrons. The zero-order valence-electron chi connectivity index (χ0n) is 10.4. The van der Waals surface area contributed by atoms with Crippen molar-refractivity contribution in [2.45, 2.75) is 6.92 Å². The van der Waals surface area contributed by atoms with Crippen LogP contribution in [-0.2, 0) is 4.74 Å². The maximum atomic E-state index is 11.9. The van der Waals surface area contributed by atoms with Gasteiger partial charge in [-0.3, -0.25) is 0 Å². The number of H-pyrrole nitrogens is 1. The molecule has 2 heterocycles. The lowest BCUT2D eigenvalue weighted by Gasteiger charge is -2.02. The number of nitrogens with one attached hydrogen (secondary N) is 1. The number of hydrogen-bond donors (Lipinski definition) is 1. The van der Waals surface area contributed by atoms with Crippen LogP contribution >= 0.6 is 22.6 Å². The molecule has 0 aliphatic rings. The van der Waals surface area contributed by atoms with E-state index in [9.17, 15) is 9.59 Å². The molecule has 3 aromatic rings. The summed E-state index contributed by atoms with van der Waals surface area (Å²) >= 11 is 2.15. The highest BCUT2D eigenvalue weighted by Crippen LogP contribution is 2.21. The second kappa shape index (κ2) is 4.85. The van der Waals surface area contributed by atoms with Gasteiger partial charge in [0, 0.05) is 8.96 Å². The molecule has 0 amide bonds. The number of carbonyl (C=O) groups excluding carboxylic acids is 1. The van der Waals surface area contributed by atoms with Crippen LogP contribution in [0.3, 0.4) is 0 Å². The second-order valence-corrected chi connectivity index (χ2v) is 5.27. The number of aromatic amines is 1. The van der Waals surface area contributed by atoms with E-state index in [1.807, 2.05) is 12.1 Å². The molecule has 2 aromatic heterocycles. The van der Waals surface area contributed by atoms with E-state index in [0.717, 1.165) is 8.09 Å². The fourth-order valence-corrected chi connectivity index (χ4v) is 2.48. The average molecular weight is 384 g/mol. The van der Waals surface area contributed by atoms with E-state index < -0.39 is 11.7 Å². The van der Waals surface area contributed by atoms with Crippen LogP contribution in [0.2, 0.25) is 0 Å². The zero-order valence-corrected chi connectivity index (χ0v) is 12.5. The predicted octanol–water partition coefficient (Wildman–Crippen LogP) is 1.35. The van der Waals surface area contributed by atoms with Crippen LogP contribution in [0.15, 0.2) is 23.0 Å². The highest BCUT2D eigenvalue weighted by molar-refractivity contribution is 14.1. The summed E-state index contributed by atoms with van der Waals surface area (Å²) < 4.78 is 7.06. The number of fused-ring (bicyclic) bond motifs is 3. The summed E-state index contributed by atoms with van der Waals surface area (Å²) in [6.07, 6.45) is 0. The van der Waals surface area contributed by atoms with E-state index in [4.69, 9.17) is 4.74 Å². The van der Waals surface area contributed by atoms with Crippen molar-refractivity contribution in [3.05, 3.63) is 37.9 Å². The SMILES string of the molecule is CCOC(=O)c1n[nH]n2c(=O)nc3ccc(I)cc3c12. The molecule has 0 bridgehead atoms. The first kappa shape index (κ1) is 13.0. The van der Waals surface area contributed by atoms with E-state index in [1.165, 1.54) is 0 Å². The number of hydrogen-bond acceptors (Lipinski definition) is 5. The van der Waals surface area contributed by atoms with Crippen molar-refractivity contribution in [3.8, 4) is 0 Å². The van der Waals surface area contributed by atoms with Crippen molar-refractivity contribution in [2.24, 2.45) is 0 Å². The summed E-state index contributed by atoms with van der Waals surface area (Å²) in [4.78, 5) is 27.8. The van der Waals surface area contributed by atoms with Crippen molar-refractivity contribution < 1.29 is 9.53 Å². The summed E-state index contributed by atoms with van der Waals surface area (Å²) in [6, 6.07) is 5.42. The van der Waals surface area contributed by atoms with Crippen LogP contribution < -0.4 is 5.69 Å². The number of halogens is 1. The van der Waals surface area contributed by atoms with Gasteiger partial charge in [-0.1, -0.05) is 0 Å². The molecule has 0 atom stereocenters. The third-order valence-electron chi connectivity index (χ3n) is 2.80. The molecule has 0 radical (unpaired) electrons. The van der Waals surface area contributed by atoms with Gasteiger partial charge in [-0.15, -0.1) is 5.10 Å². The van der Waals surface area contributed by atoms with Crippen molar-refractivity contribution >= 4 is 45.0 Å². The Bertz CT molecular complexity index is 883. The van der Waals surface area contributed by atoms with Crippen molar-refractivity contribution in [1.82, 2.24) is 19.8 Å². The lowest BCUT2D eigenvalue weighted by atomic mass is 10.2. The lowest BCUT2D eigenvalue weighted by Crippen LogP contribution is -2.18. The van der Waals surface area contributed by atoms with Gasteiger partial charge in [0.15, 0.2) is 5.69 Å². The summed E-state index contributed by atoms with van der Waals surface area (Å²) in [6.45, 7) is 1.95. The smallest absolute Gasteiger partial charge is 0.368 e. The fraction of sp³-hybridized carbons (Fsp3) is 0.167. The minimum atomic E-state index is -0.572. The van der Waals surface area contributed by atoms with Gasteiger partial charge in [0.1, 0.15) is 5.52 Å². The molecule has 0 aliphatic carbocycles. The van der Waals surface area contributed by atoms with E-state index in [1.54, 1.807) is 13.0 Å². The molecule has 1 aromatic carbocycles. The number of rotatable bonds is 2. The number of aromatic nitrogens is 4. The molecule has 0 fully saturated rings. The third-order valence-corrected chi connectivity index (χ3v) is 3.47. The quantitative estimate of drug-likeness (QED) is 0.532. The molecule has 0 saturated heterocycles. The van der Waals surface area contributed by atoms with Gasteiger partial charge in [0.25, 0.3) is 0 Å². The molecule has 0 unspecified atom stereocenters. The molecule has 0 saturated carbocycles. The largest absolute Gasteiger partial charge is 0.461 e. The Morgan fingerprint density at radius 3 is 3.05 bits per heavy atom. The Hall–Kier alpha value is -1.97. The van der Waals surface area contributed by atoms with Gasteiger partial charge in [0.05, 0.1) is 12.1 Å². The molecular weight excluding hydrogens is 375 g/mol. The van der Waals surface area contributed by atoms with Crippen LogP contribution in [0, 0.1) is 3.57 Å². The maximum Gasteiger partial charge on any atom is 0.368 e. The van der Waals surface area contributed by atoms with Crippen LogP contribution in [0.4, 0.5) is 0 Å². The van der Waals surface area contributed by atoms with Crippen LogP contribution in [-0.4, -0.2) is 32.4 Å². The number of benzene rings is 1. The van der Waals surface area contributed by atoms with Crippen LogP contribution in [0.25, 0.3) is 16.4 Å². The molecule has 7 nitrogen and oxygen atoms in total. The topological polar surface area (TPSA) is 89.4 Å². The van der Waals surface area contributed by atoms with E-state index in [2.05, 4.69) is 37.9 Å². The summed E-state index contributed by atoms with van der Waals surface area (Å²) in [7, 11) is 0. The van der Waals surface area contributed by atoms with Crippen molar-refractivity contribution in [3.63, 3.8) is 0 Å². The van der Waals surface area contributed by atoms with Crippen LogP contribution in [0.1, 0.15) is 17.4 Å². The Morgan fingerprint density at radius 2 is 2.30 bits per heavy atom.